The molecule has 0 saturated carbocycles. The van der Waals surface area contributed by atoms with Gasteiger partial charge in [-0.1, -0.05) is 13.8 Å². The van der Waals surface area contributed by atoms with Crippen molar-refractivity contribution in [3.63, 3.8) is 0 Å². The van der Waals surface area contributed by atoms with Gasteiger partial charge in [0.2, 0.25) is 0 Å². The summed E-state index contributed by atoms with van der Waals surface area (Å²) in [5, 5.41) is 23.2. The van der Waals surface area contributed by atoms with E-state index < -0.39 is 28.5 Å². The topological polar surface area (TPSA) is 78.8 Å². The number of hydrogen-bond donors (Lipinski definition) is 3. The van der Waals surface area contributed by atoms with Crippen LogP contribution in [0.5, 0.6) is 0 Å². The van der Waals surface area contributed by atoms with E-state index >= 15 is 0 Å². The maximum Gasteiger partial charge on any atom is 0.323 e. The van der Waals surface area contributed by atoms with Gasteiger partial charge in [0.25, 0.3) is 0 Å². The number of aliphatic hydroxyl groups excluding tert-OH is 1. The van der Waals surface area contributed by atoms with Gasteiger partial charge in [0.1, 0.15) is 0 Å². The zero-order valence-corrected chi connectivity index (χ0v) is 14.7. The first-order valence-electron chi connectivity index (χ1n) is 6.29. The Morgan fingerprint density at radius 2 is 1.68 bits per heavy atom. The largest absolute Gasteiger partial charge is 0.394 e. The molecule has 6 heteroatoms. The summed E-state index contributed by atoms with van der Waals surface area (Å²) in [7, 11) is 0. The van der Waals surface area contributed by atoms with Crippen molar-refractivity contribution in [2.45, 2.75) is 53.2 Å². The van der Waals surface area contributed by atoms with Crippen molar-refractivity contribution in [1.82, 2.24) is 5.32 Å². The number of halogens is 1. The lowest BCUT2D eigenvalue weighted by Crippen LogP contribution is -2.51. The normalized spacial score (nSPS) is 15.2. The summed E-state index contributed by atoms with van der Waals surface area (Å²) >= 11 is 1.53. The van der Waals surface area contributed by atoms with Gasteiger partial charge in [0, 0.05) is 18.5 Å². The van der Waals surface area contributed by atoms with Crippen LogP contribution in [0.25, 0.3) is 0 Å². The first-order chi connectivity index (χ1) is 8.34. The fourth-order valence-corrected chi connectivity index (χ4v) is 2.54. The van der Waals surface area contributed by atoms with Crippen LogP contribution in [0.1, 0.15) is 41.5 Å². The third kappa shape index (κ3) is 5.93. The molecule has 0 aromatic carbocycles. The van der Waals surface area contributed by atoms with Crippen LogP contribution in [-0.4, -0.2) is 41.0 Å². The summed E-state index contributed by atoms with van der Waals surface area (Å²) in [6.07, 6.45) is -0.864. The van der Waals surface area contributed by atoms with Gasteiger partial charge >= 0.3 is 5.97 Å². The van der Waals surface area contributed by atoms with Crippen molar-refractivity contribution in [3.8, 4) is 0 Å². The minimum atomic E-state index is -0.985. The third-order valence-corrected chi connectivity index (χ3v) is 3.56. The second-order valence-corrected chi connectivity index (χ2v) is 7.33. The monoisotopic (exact) mass is 387 g/mol. The predicted octanol–water partition coefficient (Wildman–Crippen LogP) is 1.65. The van der Waals surface area contributed by atoms with Gasteiger partial charge in [0.15, 0.2) is 23.0 Å². The molecule has 1 atom stereocenters. The lowest BCUT2D eigenvalue weighted by atomic mass is 9.72. The van der Waals surface area contributed by atoms with Gasteiger partial charge in [-0.05, 0) is 27.7 Å². The molecular weight excluding hydrogens is 361 g/mol. The predicted molar refractivity (Wildman–Crippen MR) is 82.8 cm³/mol. The van der Waals surface area contributed by atoms with Gasteiger partial charge in [-0.3, -0.25) is 4.79 Å². The Balaban J connectivity index is 4.67. The highest BCUT2D eigenvalue weighted by Crippen LogP contribution is 2.35. The molecule has 0 spiro atoms. The molecule has 5 nitrogen and oxygen atoms in total. The average Bonchev–Trinajstić information content (AvgIpc) is 2.24. The van der Waals surface area contributed by atoms with E-state index in [0.717, 1.165) is 0 Å². The minimum Gasteiger partial charge on any atom is -0.394 e. The average molecular weight is 387 g/mol. The van der Waals surface area contributed by atoms with E-state index in [4.69, 9.17) is 3.07 Å². The van der Waals surface area contributed by atoms with Crippen LogP contribution >= 0.6 is 23.0 Å². The highest BCUT2D eigenvalue weighted by molar-refractivity contribution is 14.1. The number of nitrogens with one attached hydrogen (secondary N) is 1. The van der Waals surface area contributed by atoms with Crippen LogP contribution in [0.4, 0.5) is 0 Å². The molecule has 0 aliphatic heterocycles. The fourth-order valence-electron chi connectivity index (χ4n) is 1.98. The molecule has 0 bridgehead atoms. The second kappa shape index (κ2) is 6.69. The van der Waals surface area contributed by atoms with E-state index in [1.165, 1.54) is 23.0 Å². The molecule has 0 aliphatic carbocycles. The molecule has 0 rings (SSSR count). The number of aliphatic hydroxyl groups is 2. The highest BCUT2D eigenvalue weighted by atomic mass is 127. The molecule has 0 saturated heterocycles. The van der Waals surface area contributed by atoms with Crippen molar-refractivity contribution >= 4 is 29.0 Å². The lowest BCUT2D eigenvalue weighted by Gasteiger charge is -2.39. The number of carbonyl (C=O) groups excluding carboxylic acids is 1. The number of carbonyl (C=O) groups is 1. The van der Waals surface area contributed by atoms with Crippen molar-refractivity contribution in [2.24, 2.45) is 10.8 Å². The lowest BCUT2D eigenvalue weighted by molar-refractivity contribution is -0.153. The SMILES string of the molecule is CC(C)(O)CNCC(C)(C)C(O)C(C)(C)C(=O)OI. The zero-order valence-electron chi connectivity index (χ0n) is 12.6. The van der Waals surface area contributed by atoms with Crippen LogP contribution in [0, 0.1) is 10.8 Å². The second-order valence-electron chi connectivity index (χ2n) is 6.89. The zero-order chi connectivity index (χ0) is 15.5. The summed E-state index contributed by atoms with van der Waals surface area (Å²) in [6, 6.07) is 0. The van der Waals surface area contributed by atoms with E-state index in [2.05, 4.69) is 5.32 Å². The Labute approximate surface area is 129 Å². The molecule has 3 N–H and O–H groups in total. The Bertz CT molecular complexity index is 310. The Morgan fingerprint density at radius 3 is 2.05 bits per heavy atom. The fraction of sp³-hybridized carbons (Fsp3) is 0.923. The Morgan fingerprint density at radius 1 is 1.21 bits per heavy atom. The first-order valence-corrected chi connectivity index (χ1v) is 7.17. The standard InChI is InChI=1S/C13H26INO4/c1-11(2,7-15-8-12(3,4)18)9(16)13(5,6)10(17)19-14/h9,15-16,18H,7-8H2,1-6H3. The van der Waals surface area contributed by atoms with E-state index in [9.17, 15) is 15.0 Å². The van der Waals surface area contributed by atoms with Gasteiger partial charge in [-0.25, -0.2) is 0 Å². The Hall–Kier alpha value is 0.0800. The molecular formula is C13H26INO4. The smallest absolute Gasteiger partial charge is 0.323 e. The van der Waals surface area contributed by atoms with Gasteiger partial charge in [0.05, 0.1) is 17.1 Å². The molecule has 0 aromatic rings. The molecule has 0 amide bonds. The number of rotatable bonds is 7. The van der Waals surface area contributed by atoms with Gasteiger partial charge in [-0.15, -0.1) is 0 Å². The maximum absolute atomic E-state index is 11.7. The van der Waals surface area contributed by atoms with Gasteiger partial charge < -0.3 is 18.6 Å². The summed E-state index contributed by atoms with van der Waals surface area (Å²) in [4.78, 5) is 11.7. The quantitative estimate of drug-likeness (QED) is 0.579. The number of hydrogen-bond acceptors (Lipinski definition) is 5. The molecule has 0 aromatic heterocycles. The van der Waals surface area contributed by atoms with Crippen molar-refractivity contribution < 1.29 is 18.1 Å². The molecule has 19 heavy (non-hydrogen) atoms. The summed E-state index contributed by atoms with van der Waals surface area (Å²) < 4.78 is 4.70. The van der Waals surface area contributed by atoms with Gasteiger partial charge in [-0.2, -0.15) is 0 Å². The molecule has 0 aliphatic rings. The summed E-state index contributed by atoms with van der Waals surface area (Å²) in [5.41, 5.74) is -2.32. The van der Waals surface area contributed by atoms with Crippen molar-refractivity contribution in [3.05, 3.63) is 0 Å². The summed E-state index contributed by atoms with van der Waals surface area (Å²) in [6.45, 7) is 11.4. The molecule has 0 fully saturated rings. The van der Waals surface area contributed by atoms with Crippen LogP contribution in [0.2, 0.25) is 0 Å². The third-order valence-electron chi connectivity index (χ3n) is 3.16. The van der Waals surface area contributed by atoms with E-state index in [-0.39, 0.29) is 0 Å². The Kier molecular flexibility index (Phi) is 6.72. The van der Waals surface area contributed by atoms with E-state index in [1.807, 2.05) is 13.8 Å². The molecule has 0 radical (unpaired) electrons. The molecule has 0 heterocycles. The van der Waals surface area contributed by atoms with Crippen LogP contribution < -0.4 is 5.32 Å². The van der Waals surface area contributed by atoms with E-state index in [0.29, 0.717) is 13.1 Å². The maximum atomic E-state index is 11.7. The highest BCUT2D eigenvalue weighted by Gasteiger charge is 2.45. The summed E-state index contributed by atoms with van der Waals surface area (Å²) in [5.74, 6) is -0.448. The van der Waals surface area contributed by atoms with Crippen LogP contribution in [0.15, 0.2) is 0 Å². The van der Waals surface area contributed by atoms with Crippen LogP contribution in [0.3, 0.4) is 0 Å². The first kappa shape index (κ1) is 19.1. The minimum absolute atomic E-state index is 0.417. The van der Waals surface area contributed by atoms with E-state index in [1.54, 1.807) is 27.7 Å². The van der Waals surface area contributed by atoms with Crippen molar-refractivity contribution in [1.29, 1.82) is 0 Å². The van der Waals surface area contributed by atoms with Crippen molar-refractivity contribution in [2.75, 3.05) is 13.1 Å². The van der Waals surface area contributed by atoms with Crippen LogP contribution in [-0.2, 0) is 7.86 Å². The molecule has 114 valence electrons. The molecule has 1 unspecified atom stereocenters.